The molecule has 4 nitrogen and oxygen atoms in total. The van der Waals surface area contributed by atoms with Gasteiger partial charge in [0.15, 0.2) is 11.5 Å². The van der Waals surface area contributed by atoms with Gasteiger partial charge in [-0.2, -0.15) is 18.3 Å². The summed E-state index contributed by atoms with van der Waals surface area (Å²) >= 11 is 5.91. The van der Waals surface area contributed by atoms with Crippen molar-refractivity contribution in [2.24, 2.45) is 0 Å². The van der Waals surface area contributed by atoms with Crippen LogP contribution in [0.5, 0.6) is 0 Å². The summed E-state index contributed by atoms with van der Waals surface area (Å²) in [5, 5.41) is 7.29. The summed E-state index contributed by atoms with van der Waals surface area (Å²) in [6, 6.07) is 1.56. The lowest BCUT2D eigenvalue weighted by Gasteiger charge is -2.02. The fraction of sp³-hybridized carbons (Fsp3) is 0.125. The first-order valence-corrected chi connectivity index (χ1v) is 5.78. The SMILES string of the molecule is FC(F)(F)c1[nH]c(-c2nnccc2Br)nc1Br. The molecule has 0 aliphatic heterocycles. The maximum atomic E-state index is 12.5. The Bertz CT molecular complexity index is 552. The molecule has 0 saturated carbocycles. The van der Waals surface area contributed by atoms with Crippen LogP contribution in [0.3, 0.4) is 0 Å². The number of hydrogen-bond donors (Lipinski definition) is 1. The highest BCUT2D eigenvalue weighted by Crippen LogP contribution is 2.35. The molecule has 2 rings (SSSR count). The molecule has 0 bridgehead atoms. The van der Waals surface area contributed by atoms with Gasteiger partial charge in [-0.3, -0.25) is 0 Å². The number of aromatic nitrogens is 4. The first-order valence-electron chi connectivity index (χ1n) is 4.20. The Hall–Kier alpha value is -0.960. The smallest absolute Gasteiger partial charge is 0.332 e. The van der Waals surface area contributed by atoms with Crippen LogP contribution in [-0.4, -0.2) is 20.2 Å². The molecule has 0 spiro atoms. The predicted molar refractivity (Wildman–Crippen MR) is 60.0 cm³/mol. The number of alkyl halides is 3. The van der Waals surface area contributed by atoms with Crippen LogP contribution in [0.1, 0.15) is 5.69 Å². The van der Waals surface area contributed by atoms with Gasteiger partial charge in [-0.25, -0.2) is 4.98 Å². The van der Waals surface area contributed by atoms with E-state index < -0.39 is 11.9 Å². The average Bonchev–Trinajstić information content (AvgIpc) is 2.60. The zero-order valence-corrected chi connectivity index (χ0v) is 11.1. The lowest BCUT2D eigenvalue weighted by atomic mass is 10.4. The third kappa shape index (κ3) is 2.49. The van der Waals surface area contributed by atoms with E-state index in [0.717, 1.165) is 0 Å². The highest BCUT2D eigenvalue weighted by molar-refractivity contribution is 9.10. The minimum atomic E-state index is -4.50. The van der Waals surface area contributed by atoms with E-state index in [2.05, 4.69) is 52.0 Å². The topological polar surface area (TPSA) is 54.5 Å². The zero-order valence-electron chi connectivity index (χ0n) is 7.89. The van der Waals surface area contributed by atoms with Crippen LogP contribution in [0, 0.1) is 0 Å². The van der Waals surface area contributed by atoms with Gasteiger partial charge in [0, 0.05) is 0 Å². The van der Waals surface area contributed by atoms with Gasteiger partial charge in [0.25, 0.3) is 0 Å². The number of hydrogen-bond acceptors (Lipinski definition) is 3. The van der Waals surface area contributed by atoms with Crippen molar-refractivity contribution >= 4 is 31.9 Å². The van der Waals surface area contributed by atoms with Crippen LogP contribution in [0.15, 0.2) is 21.3 Å². The second-order valence-electron chi connectivity index (χ2n) is 2.98. The molecule has 0 radical (unpaired) electrons. The Balaban J connectivity index is 2.53. The van der Waals surface area contributed by atoms with Gasteiger partial charge in [0.1, 0.15) is 10.3 Å². The summed E-state index contributed by atoms with van der Waals surface area (Å²) in [5.41, 5.74) is -0.742. The molecule has 0 fully saturated rings. The number of nitrogens with zero attached hydrogens (tertiary/aromatic N) is 3. The molecule has 0 aromatic carbocycles. The minimum absolute atomic E-state index is 0.0100. The molecule has 2 aromatic heterocycles. The largest absolute Gasteiger partial charge is 0.433 e. The van der Waals surface area contributed by atoms with E-state index in [4.69, 9.17) is 0 Å². The van der Waals surface area contributed by atoms with Crippen LogP contribution in [0.2, 0.25) is 0 Å². The molecule has 0 amide bonds. The van der Waals surface area contributed by atoms with Crippen LogP contribution in [0.25, 0.3) is 11.5 Å². The van der Waals surface area contributed by atoms with Crippen molar-refractivity contribution in [3.63, 3.8) is 0 Å². The molecule has 0 saturated heterocycles. The van der Waals surface area contributed by atoms with E-state index in [9.17, 15) is 13.2 Å². The predicted octanol–water partition coefficient (Wildman–Crippen LogP) is 3.41. The maximum Gasteiger partial charge on any atom is 0.433 e. The molecular weight excluding hydrogens is 369 g/mol. The summed E-state index contributed by atoms with van der Waals surface area (Å²) < 4.78 is 37.8. The van der Waals surface area contributed by atoms with E-state index in [1.54, 1.807) is 6.07 Å². The summed E-state index contributed by atoms with van der Waals surface area (Å²) in [6.45, 7) is 0. The molecule has 0 unspecified atom stereocenters. The van der Waals surface area contributed by atoms with Crippen LogP contribution < -0.4 is 0 Å². The monoisotopic (exact) mass is 370 g/mol. The van der Waals surface area contributed by atoms with Crippen LogP contribution >= 0.6 is 31.9 Å². The quantitative estimate of drug-likeness (QED) is 0.835. The number of aromatic amines is 1. The lowest BCUT2D eigenvalue weighted by molar-refractivity contribution is -0.141. The molecule has 0 atom stereocenters. The van der Waals surface area contributed by atoms with Gasteiger partial charge in [0.05, 0.1) is 10.7 Å². The molecule has 1 N–H and O–H groups in total. The molecule has 0 aliphatic rings. The van der Waals surface area contributed by atoms with Crippen molar-refractivity contribution in [1.29, 1.82) is 0 Å². The molecule has 90 valence electrons. The Kier molecular flexibility index (Phi) is 3.21. The molecule has 2 heterocycles. The third-order valence-corrected chi connectivity index (χ3v) is 3.05. The normalized spacial score (nSPS) is 11.8. The molecular formula is C8H3Br2F3N4. The number of nitrogens with one attached hydrogen (secondary N) is 1. The molecule has 0 aliphatic carbocycles. The third-order valence-electron chi connectivity index (χ3n) is 1.84. The lowest BCUT2D eigenvalue weighted by Crippen LogP contribution is -2.06. The first kappa shape index (κ1) is 12.5. The highest BCUT2D eigenvalue weighted by atomic mass is 79.9. The Morgan fingerprint density at radius 2 is 1.94 bits per heavy atom. The van der Waals surface area contributed by atoms with E-state index in [1.165, 1.54) is 6.20 Å². The van der Waals surface area contributed by atoms with Crippen molar-refractivity contribution in [2.45, 2.75) is 6.18 Å². The van der Waals surface area contributed by atoms with Gasteiger partial charge in [-0.15, -0.1) is 5.10 Å². The molecule has 2 aromatic rings. The van der Waals surface area contributed by atoms with Gasteiger partial charge in [-0.05, 0) is 37.9 Å². The summed E-state index contributed by atoms with van der Waals surface area (Å²) in [7, 11) is 0. The van der Waals surface area contributed by atoms with Crippen molar-refractivity contribution < 1.29 is 13.2 Å². The molecule has 17 heavy (non-hydrogen) atoms. The molecule has 9 heteroatoms. The minimum Gasteiger partial charge on any atom is -0.332 e. The number of rotatable bonds is 1. The Morgan fingerprint density at radius 1 is 1.24 bits per heavy atom. The fourth-order valence-electron chi connectivity index (χ4n) is 1.13. The second kappa shape index (κ2) is 4.37. The van der Waals surface area contributed by atoms with Crippen molar-refractivity contribution in [2.75, 3.05) is 0 Å². The van der Waals surface area contributed by atoms with Gasteiger partial charge < -0.3 is 4.98 Å². The maximum absolute atomic E-state index is 12.5. The number of imidazole rings is 1. The van der Waals surface area contributed by atoms with E-state index >= 15 is 0 Å². The van der Waals surface area contributed by atoms with E-state index in [0.29, 0.717) is 4.47 Å². The summed E-state index contributed by atoms with van der Waals surface area (Å²) in [5.74, 6) is -0.0100. The standard InChI is InChI=1S/C8H3Br2F3N4/c9-3-1-2-14-17-4(3)7-15-5(6(10)16-7)8(11,12)13/h1-2H,(H,15,16). The van der Waals surface area contributed by atoms with E-state index in [1.807, 2.05) is 0 Å². The Morgan fingerprint density at radius 3 is 2.47 bits per heavy atom. The highest BCUT2D eigenvalue weighted by Gasteiger charge is 2.36. The van der Waals surface area contributed by atoms with Gasteiger partial charge in [0.2, 0.25) is 0 Å². The van der Waals surface area contributed by atoms with E-state index in [-0.39, 0.29) is 16.1 Å². The van der Waals surface area contributed by atoms with Crippen molar-refractivity contribution in [3.05, 3.63) is 27.0 Å². The van der Waals surface area contributed by atoms with Crippen molar-refractivity contribution in [1.82, 2.24) is 20.2 Å². The van der Waals surface area contributed by atoms with Crippen LogP contribution in [-0.2, 0) is 6.18 Å². The van der Waals surface area contributed by atoms with Crippen LogP contribution in [0.4, 0.5) is 13.2 Å². The summed E-state index contributed by atoms with van der Waals surface area (Å²) in [4.78, 5) is 5.88. The summed E-state index contributed by atoms with van der Waals surface area (Å²) in [6.07, 6.45) is -3.09. The fourth-order valence-corrected chi connectivity index (χ4v) is 2.02. The van der Waals surface area contributed by atoms with Gasteiger partial charge in [-0.1, -0.05) is 0 Å². The number of halogens is 5. The second-order valence-corrected chi connectivity index (χ2v) is 4.58. The van der Waals surface area contributed by atoms with Gasteiger partial charge >= 0.3 is 6.18 Å². The first-order chi connectivity index (χ1) is 7.89. The zero-order chi connectivity index (χ0) is 12.6. The number of H-pyrrole nitrogens is 1. The Labute approximate surface area is 110 Å². The average molecular weight is 372 g/mol. The van der Waals surface area contributed by atoms with Crippen molar-refractivity contribution in [3.8, 4) is 11.5 Å².